The third-order valence-electron chi connectivity index (χ3n) is 9.61. The standard InChI is InChI=1S/C19H27N3O4.C12H22N2O2.C7H6FNO2/c1-18(2,3)26-17(24)22-8-7-19(12-22)9-14(10-19)21-15-6-5-13(11-20-15)16(23)25-4;1-11(2,3)16-10(15)14-5-4-12(8-14)6-9(13)7-12;1-11-7(10)5-2-3-6(8)9-4-5/h5-6,11,14H,7-10,12H2,1-4H3,(H,20,21);9H,4-8,13H2,1-3H3;2-4H,1H3. The molecule has 2 aromatic heterocycles. The van der Waals surface area contributed by atoms with E-state index in [0.29, 0.717) is 23.1 Å². The molecule has 0 bridgehead atoms. The molecule has 4 heterocycles. The van der Waals surface area contributed by atoms with E-state index in [1.807, 2.05) is 51.3 Å². The summed E-state index contributed by atoms with van der Waals surface area (Å²) in [5, 5.41) is 3.40. The average molecular weight is 743 g/mol. The quantitative estimate of drug-likeness (QED) is 0.219. The number of carbonyl (C=O) groups excluding carboxylic acids is 4. The van der Waals surface area contributed by atoms with Gasteiger partial charge in [-0.25, -0.2) is 29.1 Å². The van der Waals surface area contributed by atoms with Gasteiger partial charge in [0.1, 0.15) is 17.0 Å². The molecule has 53 heavy (non-hydrogen) atoms. The van der Waals surface area contributed by atoms with Crippen LogP contribution in [0.15, 0.2) is 36.7 Å². The second-order valence-corrected chi connectivity index (χ2v) is 16.5. The van der Waals surface area contributed by atoms with Crippen LogP contribution in [-0.2, 0) is 18.9 Å². The highest BCUT2D eigenvalue weighted by atomic mass is 19.1. The summed E-state index contributed by atoms with van der Waals surface area (Å²) in [5.74, 6) is -0.769. The zero-order valence-corrected chi connectivity index (χ0v) is 32.2. The molecule has 6 rings (SSSR count). The van der Waals surface area contributed by atoms with Crippen LogP contribution in [0, 0.1) is 16.8 Å². The van der Waals surface area contributed by atoms with Gasteiger partial charge in [0.2, 0.25) is 5.95 Å². The fourth-order valence-electron chi connectivity index (χ4n) is 7.18. The van der Waals surface area contributed by atoms with E-state index in [-0.39, 0.29) is 29.1 Å². The summed E-state index contributed by atoms with van der Waals surface area (Å²) in [6, 6.07) is 6.60. The first-order chi connectivity index (χ1) is 24.7. The van der Waals surface area contributed by atoms with Crippen molar-refractivity contribution in [1.82, 2.24) is 19.8 Å². The van der Waals surface area contributed by atoms with E-state index in [9.17, 15) is 23.6 Å². The third kappa shape index (κ3) is 11.7. The number of halogens is 1. The Morgan fingerprint density at radius 1 is 0.755 bits per heavy atom. The number of methoxy groups -OCH3 is 2. The first-order valence-electron chi connectivity index (χ1n) is 18.0. The summed E-state index contributed by atoms with van der Waals surface area (Å²) >= 11 is 0. The molecule has 3 N–H and O–H groups in total. The Morgan fingerprint density at radius 3 is 1.58 bits per heavy atom. The van der Waals surface area contributed by atoms with Gasteiger partial charge in [-0.05, 0) is 115 Å². The molecule has 292 valence electrons. The summed E-state index contributed by atoms with van der Waals surface area (Å²) < 4.78 is 32.1. The number of pyridine rings is 2. The highest BCUT2D eigenvalue weighted by Crippen LogP contribution is 2.49. The Labute approximate surface area is 311 Å². The molecule has 2 spiro atoms. The largest absolute Gasteiger partial charge is 0.465 e. The van der Waals surface area contributed by atoms with Crippen LogP contribution < -0.4 is 11.1 Å². The first-order valence-corrected chi connectivity index (χ1v) is 18.0. The molecule has 2 aromatic rings. The smallest absolute Gasteiger partial charge is 0.410 e. The molecule has 4 aliphatic rings. The SMILES string of the molecule is CC(C)(C)OC(=O)N1CCC2(CC(N)C2)C1.COC(=O)c1ccc(F)nc1.COC(=O)c1ccc(NC2CC3(CCN(C(=O)OC(C)(C)C)C3)C2)nc1. The topological polar surface area (TPSA) is 176 Å². The lowest BCUT2D eigenvalue weighted by molar-refractivity contribution is 0.0226. The van der Waals surface area contributed by atoms with E-state index in [1.54, 1.807) is 12.1 Å². The van der Waals surface area contributed by atoms with E-state index >= 15 is 0 Å². The zero-order chi connectivity index (χ0) is 39.2. The van der Waals surface area contributed by atoms with Crippen molar-refractivity contribution in [2.24, 2.45) is 16.6 Å². The minimum atomic E-state index is -0.613. The maximum absolute atomic E-state index is 12.2. The number of rotatable bonds is 4. The summed E-state index contributed by atoms with van der Waals surface area (Å²) in [6.45, 7) is 14.5. The van der Waals surface area contributed by atoms with Crippen LogP contribution in [0.25, 0.3) is 0 Å². The number of nitrogens with two attached hydrogens (primary N) is 1. The summed E-state index contributed by atoms with van der Waals surface area (Å²) in [7, 11) is 2.61. The van der Waals surface area contributed by atoms with Crippen molar-refractivity contribution < 1.29 is 42.5 Å². The molecular weight excluding hydrogens is 687 g/mol. The Hall–Kier alpha value is -4.53. The normalized spacial score (nSPS) is 24.4. The lowest BCUT2D eigenvalue weighted by atomic mass is 9.65. The summed E-state index contributed by atoms with van der Waals surface area (Å²) in [4.78, 5) is 57.4. The van der Waals surface area contributed by atoms with E-state index in [1.165, 1.54) is 26.5 Å². The van der Waals surface area contributed by atoms with Crippen LogP contribution in [0.5, 0.6) is 0 Å². The van der Waals surface area contributed by atoms with E-state index in [2.05, 4.69) is 24.8 Å². The summed E-state index contributed by atoms with van der Waals surface area (Å²) in [5.41, 5.74) is 6.15. The fourth-order valence-corrected chi connectivity index (χ4v) is 7.18. The van der Waals surface area contributed by atoms with Gasteiger partial charge in [-0.2, -0.15) is 4.39 Å². The average Bonchev–Trinajstić information content (AvgIpc) is 3.70. The van der Waals surface area contributed by atoms with Gasteiger partial charge in [0.15, 0.2) is 0 Å². The molecule has 0 aromatic carbocycles. The van der Waals surface area contributed by atoms with Crippen molar-refractivity contribution in [3.63, 3.8) is 0 Å². The number of nitrogens with zero attached hydrogens (tertiary/aromatic N) is 4. The lowest BCUT2D eigenvalue weighted by Crippen LogP contribution is -2.48. The van der Waals surface area contributed by atoms with Crippen LogP contribution in [0.1, 0.15) is 101 Å². The van der Waals surface area contributed by atoms with Gasteiger partial charge in [0, 0.05) is 50.7 Å². The van der Waals surface area contributed by atoms with Crippen LogP contribution in [0.2, 0.25) is 0 Å². The van der Waals surface area contributed by atoms with Crippen molar-refractivity contribution in [2.75, 3.05) is 45.7 Å². The molecule has 2 aliphatic carbocycles. The predicted molar refractivity (Wildman–Crippen MR) is 195 cm³/mol. The number of anilines is 1. The number of hydrogen-bond donors (Lipinski definition) is 2. The van der Waals surface area contributed by atoms with Gasteiger partial charge in [0.25, 0.3) is 0 Å². The number of amides is 2. The lowest BCUT2D eigenvalue weighted by Gasteiger charge is -2.45. The number of aromatic nitrogens is 2. The Morgan fingerprint density at radius 2 is 1.21 bits per heavy atom. The number of hydrogen-bond acceptors (Lipinski definition) is 12. The number of nitrogens with one attached hydrogen (secondary N) is 1. The van der Waals surface area contributed by atoms with Crippen molar-refractivity contribution in [3.8, 4) is 0 Å². The van der Waals surface area contributed by atoms with E-state index in [0.717, 1.165) is 82.8 Å². The van der Waals surface area contributed by atoms with Crippen LogP contribution >= 0.6 is 0 Å². The number of esters is 2. The molecule has 0 unspecified atom stereocenters. The summed E-state index contributed by atoms with van der Waals surface area (Å²) in [6.07, 6.45) is 8.48. The van der Waals surface area contributed by atoms with Crippen LogP contribution in [0.4, 0.5) is 19.8 Å². The number of carbonyl (C=O) groups is 4. The molecule has 4 fully saturated rings. The zero-order valence-electron chi connectivity index (χ0n) is 32.2. The molecule has 0 radical (unpaired) electrons. The Balaban J connectivity index is 0.000000197. The third-order valence-corrected chi connectivity index (χ3v) is 9.61. The van der Waals surface area contributed by atoms with Gasteiger partial charge >= 0.3 is 24.1 Å². The maximum Gasteiger partial charge on any atom is 0.410 e. The van der Waals surface area contributed by atoms with Crippen molar-refractivity contribution >= 4 is 29.9 Å². The molecular formula is C38H55FN6O8. The molecule has 14 nitrogen and oxygen atoms in total. The van der Waals surface area contributed by atoms with Gasteiger partial charge in [-0.15, -0.1) is 0 Å². The molecule has 2 aliphatic heterocycles. The molecule has 2 saturated carbocycles. The molecule has 2 saturated heterocycles. The highest BCUT2D eigenvalue weighted by molar-refractivity contribution is 5.89. The Bertz CT molecular complexity index is 1580. The minimum absolute atomic E-state index is 0.176. The Kier molecular flexibility index (Phi) is 13.0. The second kappa shape index (κ2) is 16.6. The number of ether oxygens (including phenoxy) is 4. The second-order valence-electron chi connectivity index (χ2n) is 16.5. The van der Waals surface area contributed by atoms with Crippen molar-refractivity contribution in [3.05, 3.63) is 53.7 Å². The maximum atomic E-state index is 12.2. The number of likely N-dealkylation sites (tertiary alicyclic amines) is 2. The predicted octanol–water partition coefficient (Wildman–Crippen LogP) is 5.81. The monoisotopic (exact) mass is 742 g/mol. The van der Waals surface area contributed by atoms with Crippen molar-refractivity contribution in [1.29, 1.82) is 0 Å². The van der Waals surface area contributed by atoms with Gasteiger partial charge < -0.3 is 39.8 Å². The minimum Gasteiger partial charge on any atom is -0.465 e. The van der Waals surface area contributed by atoms with E-state index in [4.69, 9.17) is 15.2 Å². The van der Waals surface area contributed by atoms with Crippen molar-refractivity contribution in [2.45, 2.75) is 103 Å². The van der Waals surface area contributed by atoms with E-state index < -0.39 is 23.1 Å². The van der Waals surface area contributed by atoms with Crippen LogP contribution in [-0.4, -0.2) is 108 Å². The van der Waals surface area contributed by atoms with Gasteiger partial charge in [-0.3, -0.25) is 0 Å². The van der Waals surface area contributed by atoms with Gasteiger partial charge in [0.05, 0.1) is 25.3 Å². The fraction of sp³-hybridized carbons (Fsp3) is 0.632. The molecule has 2 amide bonds. The molecule has 15 heteroatoms. The molecule has 0 atom stereocenters. The first kappa shape index (κ1) is 41.2. The van der Waals surface area contributed by atoms with Gasteiger partial charge in [-0.1, -0.05) is 0 Å². The highest BCUT2D eigenvalue weighted by Gasteiger charge is 2.50. The van der Waals surface area contributed by atoms with Crippen LogP contribution in [0.3, 0.4) is 0 Å².